The maximum atomic E-state index is 13.2. The Balaban J connectivity index is 1.42. The topological polar surface area (TPSA) is 68.3 Å². The molecule has 0 aliphatic carbocycles. The van der Waals surface area contributed by atoms with Crippen LogP contribution in [0.4, 0.5) is 0 Å². The van der Waals surface area contributed by atoms with Gasteiger partial charge in [0, 0.05) is 42.2 Å². The van der Waals surface area contributed by atoms with Crippen LogP contribution in [0.2, 0.25) is 0 Å². The smallest absolute Gasteiger partial charge is 0.250 e. The zero-order valence-electron chi connectivity index (χ0n) is 16.6. The van der Waals surface area contributed by atoms with Gasteiger partial charge in [-0.15, -0.1) is 0 Å². The van der Waals surface area contributed by atoms with Crippen molar-refractivity contribution >= 4 is 16.9 Å². The average molecular weight is 391 g/mol. The standard InChI is InChI=1S/C23H25N3O3/c1-2-6-19-15-11-16(20-8-5-10-22(27)26(19)20)14-25(13-15)23(28)12-18-17-7-3-4-9-21(17)29-24-18/h3-5,7-10,15-16,19H,2,6,11-14H2,1H3/t15-,16+,19-/m0/s1. The fourth-order valence-corrected chi connectivity index (χ4v) is 5.23. The molecular weight excluding hydrogens is 366 g/mol. The molecule has 29 heavy (non-hydrogen) atoms. The highest BCUT2D eigenvalue weighted by molar-refractivity contribution is 5.86. The van der Waals surface area contributed by atoms with Gasteiger partial charge in [-0.05, 0) is 37.0 Å². The maximum absolute atomic E-state index is 13.2. The van der Waals surface area contributed by atoms with Gasteiger partial charge in [-0.1, -0.05) is 36.7 Å². The van der Waals surface area contributed by atoms with E-state index in [-0.39, 0.29) is 29.8 Å². The van der Waals surface area contributed by atoms with Crippen LogP contribution >= 0.6 is 0 Å². The van der Waals surface area contributed by atoms with E-state index in [0.29, 0.717) is 30.3 Å². The van der Waals surface area contributed by atoms with Crippen LogP contribution < -0.4 is 5.56 Å². The number of hydrogen-bond acceptors (Lipinski definition) is 4. The minimum atomic E-state index is 0.0840. The summed E-state index contributed by atoms with van der Waals surface area (Å²) < 4.78 is 7.37. The van der Waals surface area contributed by atoms with Crippen molar-refractivity contribution in [1.82, 2.24) is 14.6 Å². The summed E-state index contributed by atoms with van der Waals surface area (Å²) in [6.07, 6.45) is 3.27. The van der Waals surface area contributed by atoms with Gasteiger partial charge < -0.3 is 14.0 Å². The first-order valence-corrected chi connectivity index (χ1v) is 10.5. The molecule has 0 radical (unpaired) electrons. The number of carbonyl (C=O) groups is 1. The number of piperidine rings is 1. The minimum absolute atomic E-state index is 0.0840. The highest BCUT2D eigenvalue weighted by Gasteiger charge is 2.41. The van der Waals surface area contributed by atoms with Crippen LogP contribution in [0, 0.1) is 5.92 Å². The highest BCUT2D eigenvalue weighted by Crippen LogP contribution is 2.42. The predicted octanol–water partition coefficient (Wildman–Crippen LogP) is 3.52. The van der Waals surface area contributed by atoms with E-state index in [1.807, 2.05) is 39.8 Å². The molecule has 0 unspecified atom stereocenters. The summed E-state index contributed by atoms with van der Waals surface area (Å²) in [5, 5.41) is 5.03. The minimum Gasteiger partial charge on any atom is -0.356 e. The van der Waals surface area contributed by atoms with Crippen LogP contribution in [-0.4, -0.2) is 33.6 Å². The van der Waals surface area contributed by atoms with E-state index in [0.717, 1.165) is 30.3 Å². The van der Waals surface area contributed by atoms with Crippen LogP contribution in [-0.2, 0) is 11.2 Å². The average Bonchev–Trinajstić information content (AvgIpc) is 3.14. The highest BCUT2D eigenvalue weighted by atomic mass is 16.5. The fraction of sp³-hybridized carbons (Fsp3) is 0.435. The Morgan fingerprint density at radius 2 is 2.03 bits per heavy atom. The molecule has 6 heteroatoms. The molecule has 3 atom stereocenters. The number of amides is 1. The molecule has 5 rings (SSSR count). The molecule has 3 aromatic rings. The SMILES string of the molecule is CCC[C@H]1[C@H]2C[C@H](CN(C(=O)Cc3noc4ccccc34)C2)c2cccc(=O)n21. The van der Waals surface area contributed by atoms with Crippen molar-refractivity contribution < 1.29 is 9.32 Å². The van der Waals surface area contributed by atoms with Gasteiger partial charge in [0.15, 0.2) is 5.58 Å². The summed E-state index contributed by atoms with van der Waals surface area (Å²) in [6.45, 7) is 3.52. The van der Waals surface area contributed by atoms with E-state index >= 15 is 0 Å². The second-order valence-electron chi connectivity index (χ2n) is 8.31. The molecule has 1 fully saturated rings. The van der Waals surface area contributed by atoms with Crippen LogP contribution in [0.25, 0.3) is 11.0 Å². The number of hydrogen-bond donors (Lipinski definition) is 0. The second kappa shape index (κ2) is 7.17. The Hall–Kier alpha value is -2.89. The molecule has 2 aliphatic heterocycles. The van der Waals surface area contributed by atoms with Gasteiger partial charge in [0.2, 0.25) is 5.91 Å². The molecule has 2 bridgehead atoms. The number of rotatable bonds is 4. The Bertz CT molecular complexity index is 1120. The zero-order valence-corrected chi connectivity index (χ0v) is 16.6. The van der Waals surface area contributed by atoms with Gasteiger partial charge in [-0.2, -0.15) is 0 Å². The van der Waals surface area contributed by atoms with E-state index in [1.54, 1.807) is 6.07 Å². The Kier molecular flexibility index (Phi) is 4.49. The van der Waals surface area contributed by atoms with E-state index in [1.165, 1.54) is 0 Å². The number of nitrogens with zero attached hydrogens (tertiary/aromatic N) is 3. The van der Waals surface area contributed by atoms with Crippen molar-refractivity contribution in [3.8, 4) is 0 Å². The lowest BCUT2D eigenvalue weighted by atomic mass is 9.77. The summed E-state index contributed by atoms with van der Waals surface area (Å²) in [6, 6.07) is 13.4. The van der Waals surface area contributed by atoms with Gasteiger partial charge in [0.05, 0.1) is 6.42 Å². The molecule has 6 nitrogen and oxygen atoms in total. The maximum Gasteiger partial charge on any atom is 0.250 e. The van der Waals surface area contributed by atoms with Crippen molar-refractivity contribution in [2.45, 2.75) is 44.6 Å². The largest absolute Gasteiger partial charge is 0.356 e. The van der Waals surface area contributed by atoms with Gasteiger partial charge in [0.25, 0.3) is 5.56 Å². The lowest BCUT2D eigenvalue weighted by Crippen LogP contribution is -2.51. The van der Waals surface area contributed by atoms with E-state index in [9.17, 15) is 9.59 Å². The third-order valence-corrected chi connectivity index (χ3v) is 6.51. The normalized spacial score (nSPS) is 23.2. The molecule has 150 valence electrons. The monoisotopic (exact) mass is 391 g/mol. The molecule has 2 aliphatic rings. The summed E-state index contributed by atoms with van der Waals surface area (Å²) in [5.41, 5.74) is 2.58. The lowest BCUT2D eigenvalue weighted by molar-refractivity contribution is -0.133. The molecule has 1 saturated heterocycles. The van der Waals surface area contributed by atoms with Gasteiger partial charge in [0.1, 0.15) is 5.69 Å². The van der Waals surface area contributed by atoms with Crippen molar-refractivity contribution in [2.75, 3.05) is 13.1 Å². The molecule has 4 heterocycles. The number of benzene rings is 1. The second-order valence-corrected chi connectivity index (χ2v) is 8.31. The Morgan fingerprint density at radius 1 is 1.17 bits per heavy atom. The van der Waals surface area contributed by atoms with Crippen LogP contribution in [0.1, 0.15) is 49.5 Å². The van der Waals surface area contributed by atoms with E-state index < -0.39 is 0 Å². The first-order valence-electron chi connectivity index (χ1n) is 10.5. The number of aromatic nitrogens is 2. The number of carbonyl (C=O) groups excluding carboxylic acids is 1. The molecule has 0 spiro atoms. The van der Waals surface area contributed by atoms with Crippen LogP contribution in [0.15, 0.2) is 51.8 Å². The predicted molar refractivity (Wildman–Crippen MR) is 110 cm³/mol. The quantitative estimate of drug-likeness (QED) is 0.682. The Morgan fingerprint density at radius 3 is 2.90 bits per heavy atom. The van der Waals surface area contributed by atoms with Gasteiger partial charge >= 0.3 is 0 Å². The van der Waals surface area contributed by atoms with Crippen LogP contribution in [0.5, 0.6) is 0 Å². The number of para-hydroxylation sites is 1. The van der Waals surface area contributed by atoms with Gasteiger partial charge in [-0.25, -0.2) is 0 Å². The lowest BCUT2D eigenvalue weighted by Gasteiger charge is -2.47. The Labute approximate surface area is 169 Å². The third-order valence-electron chi connectivity index (χ3n) is 6.51. The van der Waals surface area contributed by atoms with Crippen LogP contribution in [0.3, 0.4) is 0 Å². The molecule has 0 saturated carbocycles. The molecule has 0 N–H and O–H groups in total. The fourth-order valence-electron chi connectivity index (χ4n) is 5.23. The summed E-state index contributed by atoms with van der Waals surface area (Å²) in [5.74, 6) is 0.619. The van der Waals surface area contributed by atoms with E-state index in [4.69, 9.17) is 4.52 Å². The van der Waals surface area contributed by atoms with E-state index in [2.05, 4.69) is 18.1 Å². The van der Waals surface area contributed by atoms with Crippen molar-refractivity contribution in [3.05, 3.63) is 64.2 Å². The molecule has 1 amide bonds. The molecule has 2 aromatic heterocycles. The zero-order chi connectivity index (χ0) is 20.0. The first-order chi connectivity index (χ1) is 14.2. The van der Waals surface area contributed by atoms with Crippen molar-refractivity contribution in [1.29, 1.82) is 0 Å². The number of likely N-dealkylation sites (tertiary alicyclic amines) is 1. The van der Waals surface area contributed by atoms with Crippen molar-refractivity contribution in [3.63, 3.8) is 0 Å². The number of pyridine rings is 1. The summed E-state index contributed by atoms with van der Waals surface area (Å²) in [7, 11) is 0. The summed E-state index contributed by atoms with van der Waals surface area (Å²) in [4.78, 5) is 27.7. The molecule has 1 aromatic carbocycles. The third kappa shape index (κ3) is 3.07. The first kappa shape index (κ1) is 18.2. The number of fused-ring (bicyclic) bond motifs is 5. The van der Waals surface area contributed by atoms with Crippen molar-refractivity contribution in [2.24, 2.45) is 5.92 Å². The van der Waals surface area contributed by atoms with Gasteiger partial charge in [-0.3, -0.25) is 9.59 Å². The molecular formula is C23H25N3O3. The summed E-state index contributed by atoms with van der Waals surface area (Å²) >= 11 is 0.